The molecule has 136 valence electrons. The first kappa shape index (κ1) is 17.5. The summed E-state index contributed by atoms with van der Waals surface area (Å²) in [5.74, 6) is 1.02. The Bertz CT molecular complexity index is 1050. The van der Waals surface area contributed by atoms with Gasteiger partial charge in [0.05, 0.1) is 17.1 Å². The van der Waals surface area contributed by atoms with Crippen LogP contribution in [-0.4, -0.2) is 9.55 Å². The van der Waals surface area contributed by atoms with Gasteiger partial charge in [0.2, 0.25) is 0 Å². The maximum absolute atomic E-state index is 4.98. The Labute approximate surface area is 161 Å². The van der Waals surface area contributed by atoms with Gasteiger partial charge < -0.3 is 4.57 Å². The van der Waals surface area contributed by atoms with Gasteiger partial charge in [0.15, 0.2) is 0 Å². The lowest BCUT2D eigenvalue weighted by Gasteiger charge is -2.20. The maximum Gasteiger partial charge on any atom is 0.141 e. The topological polar surface area (TPSA) is 17.8 Å². The molecule has 0 aliphatic carbocycles. The van der Waals surface area contributed by atoms with E-state index in [1.807, 2.05) is 0 Å². The fourth-order valence-electron chi connectivity index (χ4n) is 3.64. The van der Waals surface area contributed by atoms with E-state index in [9.17, 15) is 0 Å². The maximum atomic E-state index is 4.98. The lowest BCUT2D eigenvalue weighted by Crippen LogP contribution is -2.11. The molecule has 3 aromatic carbocycles. The van der Waals surface area contributed by atoms with E-state index in [2.05, 4.69) is 111 Å². The fourth-order valence-corrected chi connectivity index (χ4v) is 3.64. The van der Waals surface area contributed by atoms with Crippen molar-refractivity contribution in [1.29, 1.82) is 0 Å². The first-order chi connectivity index (χ1) is 12.9. The van der Waals surface area contributed by atoms with Gasteiger partial charge in [-0.1, -0.05) is 87.5 Å². The zero-order valence-electron chi connectivity index (χ0n) is 16.5. The van der Waals surface area contributed by atoms with E-state index < -0.39 is 0 Å². The molecule has 2 nitrogen and oxygen atoms in total. The molecular weight excluding hydrogens is 328 g/mol. The minimum atomic E-state index is 0.149. The summed E-state index contributed by atoms with van der Waals surface area (Å²) in [6.45, 7) is 8.98. The van der Waals surface area contributed by atoms with Gasteiger partial charge in [0.25, 0.3) is 0 Å². The van der Waals surface area contributed by atoms with Crippen molar-refractivity contribution < 1.29 is 0 Å². The van der Waals surface area contributed by atoms with Gasteiger partial charge in [-0.2, -0.15) is 0 Å². The summed E-state index contributed by atoms with van der Waals surface area (Å²) in [7, 11) is 0. The molecule has 1 heterocycles. The van der Waals surface area contributed by atoms with Crippen molar-refractivity contribution in [2.45, 2.75) is 39.2 Å². The first-order valence-corrected chi connectivity index (χ1v) is 9.58. The third-order valence-electron chi connectivity index (χ3n) is 5.27. The largest absolute Gasteiger partial charge is 0.317 e. The molecule has 0 saturated carbocycles. The second-order valence-electron chi connectivity index (χ2n) is 8.21. The quantitative estimate of drug-likeness (QED) is 0.405. The van der Waals surface area contributed by atoms with E-state index in [1.165, 1.54) is 16.6 Å². The van der Waals surface area contributed by atoms with Crippen LogP contribution in [0, 0.1) is 0 Å². The van der Waals surface area contributed by atoms with Crippen LogP contribution >= 0.6 is 0 Å². The van der Waals surface area contributed by atoms with Crippen LogP contribution in [0.3, 0.4) is 0 Å². The summed E-state index contributed by atoms with van der Waals surface area (Å²) in [6, 6.07) is 28.1. The Balaban J connectivity index is 1.88. The third kappa shape index (κ3) is 3.28. The van der Waals surface area contributed by atoms with E-state index in [0.717, 1.165) is 16.9 Å². The van der Waals surface area contributed by atoms with Gasteiger partial charge in [-0.25, -0.2) is 4.98 Å². The molecule has 0 saturated heterocycles. The van der Waals surface area contributed by atoms with Crippen LogP contribution in [0.1, 0.15) is 44.9 Å². The lowest BCUT2D eigenvalue weighted by molar-refractivity contribution is 0.590. The van der Waals surface area contributed by atoms with Crippen LogP contribution in [0.15, 0.2) is 78.9 Å². The van der Waals surface area contributed by atoms with Crippen LogP contribution in [0.4, 0.5) is 0 Å². The van der Waals surface area contributed by atoms with Crippen LogP contribution in [-0.2, 0) is 5.41 Å². The Kier molecular flexibility index (Phi) is 4.35. The Morgan fingerprint density at radius 1 is 0.778 bits per heavy atom. The van der Waals surface area contributed by atoms with Crippen LogP contribution in [0.25, 0.3) is 22.4 Å². The number of imidazole rings is 1. The third-order valence-corrected chi connectivity index (χ3v) is 5.27. The number of aromatic nitrogens is 2. The number of hydrogen-bond donors (Lipinski definition) is 0. The second kappa shape index (κ2) is 6.70. The standard InChI is InChI=1S/C25H26N2/c1-18(19-10-6-5-7-11-19)27-23-13-9-8-12-22(23)26-24(27)20-14-16-21(17-15-20)25(2,3)4/h5-18H,1-4H3. The summed E-state index contributed by atoms with van der Waals surface area (Å²) < 4.78 is 2.36. The molecule has 0 amide bonds. The predicted octanol–water partition coefficient (Wildman–Crippen LogP) is 6.61. The molecular formula is C25H26N2. The van der Waals surface area contributed by atoms with Crippen molar-refractivity contribution in [3.8, 4) is 11.4 Å². The van der Waals surface area contributed by atoms with Crippen LogP contribution in [0.5, 0.6) is 0 Å². The van der Waals surface area contributed by atoms with Crippen molar-refractivity contribution >= 4 is 11.0 Å². The highest BCUT2D eigenvalue weighted by molar-refractivity contribution is 5.81. The average Bonchev–Trinajstić information content (AvgIpc) is 3.07. The molecule has 0 radical (unpaired) electrons. The van der Waals surface area contributed by atoms with Gasteiger partial charge in [0, 0.05) is 5.56 Å². The molecule has 27 heavy (non-hydrogen) atoms. The highest BCUT2D eigenvalue weighted by atomic mass is 15.1. The molecule has 0 aliphatic rings. The zero-order chi connectivity index (χ0) is 19.0. The Morgan fingerprint density at radius 3 is 2.07 bits per heavy atom. The Hall–Kier alpha value is -2.87. The molecule has 0 aliphatic heterocycles. The lowest BCUT2D eigenvalue weighted by atomic mass is 9.86. The molecule has 1 unspecified atom stereocenters. The molecule has 4 rings (SSSR count). The van der Waals surface area contributed by atoms with E-state index in [0.29, 0.717) is 0 Å². The van der Waals surface area contributed by atoms with Gasteiger partial charge in [-0.3, -0.25) is 0 Å². The van der Waals surface area contributed by atoms with Gasteiger partial charge >= 0.3 is 0 Å². The monoisotopic (exact) mass is 354 g/mol. The van der Waals surface area contributed by atoms with Gasteiger partial charge in [-0.15, -0.1) is 0 Å². The number of hydrogen-bond acceptors (Lipinski definition) is 1. The number of benzene rings is 3. The summed E-state index contributed by atoms with van der Waals surface area (Å²) >= 11 is 0. The van der Waals surface area contributed by atoms with Crippen molar-refractivity contribution in [1.82, 2.24) is 9.55 Å². The summed E-state index contributed by atoms with van der Waals surface area (Å²) in [6.07, 6.45) is 0. The highest BCUT2D eigenvalue weighted by Crippen LogP contribution is 2.32. The van der Waals surface area contributed by atoms with E-state index in [4.69, 9.17) is 4.98 Å². The predicted molar refractivity (Wildman–Crippen MR) is 114 cm³/mol. The normalized spacial score (nSPS) is 13.0. The zero-order valence-corrected chi connectivity index (χ0v) is 16.5. The number of para-hydroxylation sites is 2. The fraction of sp³-hybridized carbons (Fsp3) is 0.240. The molecule has 0 spiro atoms. The minimum Gasteiger partial charge on any atom is -0.317 e. The first-order valence-electron chi connectivity index (χ1n) is 9.58. The second-order valence-corrected chi connectivity index (χ2v) is 8.21. The SMILES string of the molecule is CC(c1ccccc1)n1c(-c2ccc(C(C)(C)C)cc2)nc2ccccc21. The van der Waals surface area contributed by atoms with Crippen molar-refractivity contribution in [3.63, 3.8) is 0 Å². The number of fused-ring (bicyclic) bond motifs is 1. The van der Waals surface area contributed by atoms with Crippen molar-refractivity contribution in [2.75, 3.05) is 0 Å². The summed E-state index contributed by atoms with van der Waals surface area (Å²) in [4.78, 5) is 4.98. The van der Waals surface area contributed by atoms with E-state index in [-0.39, 0.29) is 11.5 Å². The molecule has 0 fully saturated rings. The molecule has 2 heteroatoms. The summed E-state index contributed by atoms with van der Waals surface area (Å²) in [5, 5.41) is 0. The van der Waals surface area contributed by atoms with Gasteiger partial charge in [0.1, 0.15) is 5.82 Å². The molecule has 1 atom stereocenters. The molecule has 4 aromatic rings. The summed E-state index contributed by atoms with van der Waals surface area (Å²) in [5.41, 5.74) is 6.13. The Morgan fingerprint density at radius 2 is 1.41 bits per heavy atom. The van der Waals surface area contributed by atoms with E-state index in [1.54, 1.807) is 0 Å². The van der Waals surface area contributed by atoms with Crippen molar-refractivity contribution in [2.24, 2.45) is 0 Å². The molecule has 0 N–H and O–H groups in total. The molecule has 1 aromatic heterocycles. The molecule has 0 bridgehead atoms. The smallest absolute Gasteiger partial charge is 0.141 e. The van der Waals surface area contributed by atoms with Crippen molar-refractivity contribution in [3.05, 3.63) is 90.0 Å². The number of rotatable bonds is 3. The van der Waals surface area contributed by atoms with Crippen LogP contribution < -0.4 is 0 Å². The minimum absolute atomic E-state index is 0.149. The van der Waals surface area contributed by atoms with E-state index >= 15 is 0 Å². The van der Waals surface area contributed by atoms with Gasteiger partial charge in [-0.05, 0) is 35.6 Å². The number of nitrogens with zero attached hydrogens (tertiary/aromatic N) is 2. The highest BCUT2D eigenvalue weighted by Gasteiger charge is 2.19. The average molecular weight is 354 g/mol. The van der Waals surface area contributed by atoms with Crippen LogP contribution in [0.2, 0.25) is 0 Å².